The Kier molecular flexibility index (Phi) is 5.68. The van der Waals surface area contributed by atoms with Crippen LogP contribution in [-0.4, -0.2) is 43.6 Å². The van der Waals surface area contributed by atoms with Gasteiger partial charge in [-0.2, -0.15) is 0 Å². The van der Waals surface area contributed by atoms with Crippen molar-refractivity contribution in [2.75, 3.05) is 38.1 Å². The zero-order valence-corrected chi connectivity index (χ0v) is 11.8. The van der Waals surface area contributed by atoms with E-state index < -0.39 is 0 Å². The average Bonchev–Trinajstić information content (AvgIpc) is 3.01. The van der Waals surface area contributed by atoms with Crippen molar-refractivity contribution in [3.05, 3.63) is 24.3 Å². The Morgan fingerprint density at radius 2 is 1.95 bits per heavy atom. The number of likely N-dealkylation sites (tertiary alicyclic amines) is 1. The van der Waals surface area contributed by atoms with Crippen LogP contribution in [0.25, 0.3) is 0 Å². The van der Waals surface area contributed by atoms with Gasteiger partial charge >= 0.3 is 0 Å². The minimum atomic E-state index is 0.0765. The van der Waals surface area contributed by atoms with Gasteiger partial charge in [-0.25, -0.2) is 0 Å². The molecule has 20 heavy (non-hydrogen) atoms. The first kappa shape index (κ1) is 14.7. The summed E-state index contributed by atoms with van der Waals surface area (Å²) in [7, 11) is 0. The highest BCUT2D eigenvalue weighted by Gasteiger charge is 2.17. The summed E-state index contributed by atoms with van der Waals surface area (Å²) >= 11 is 0. The average molecular weight is 277 g/mol. The van der Waals surface area contributed by atoms with E-state index in [2.05, 4.69) is 5.32 Å². The number of nitrogens with zero attached hydrogens (tertiary/aromatic N) is 1. The number of nitrogens with one attached hydrogen (secondary N) is 1. The third-order valence-electron chi connectivity index (χ3n) is 3.39. The molecule has 1 amide bonds. The first-order chi connectivity index (χ1) is 9.79. The second-order valence-corrected chi connectivity index (χ2v) is 4.97. The molecule has 1 saturated heterocycles. The lowest BCUT2D eigenvalue weighted by atomic mass is 10.3. The number of anilines is 1. The van der Waals surface area contributed by atoms with Crippen molar-refractivity contribution in [2.45, 2.75) is 19.3 Å². The summed E-state index contributed by atoms with van der Waals surface area (Å²) < 4.78 is 5.52. The van der Waals surface area contributed by atoms with E-state index in [0.29, 0.717) is 6.54 Å². The summed E-state index contributed by atoms with van der Waals surface area (Å²) in [6, 6.07) is 7.66. The van der Waals surface area contributed by atoms with Crippen molar-refractivity contribution in [3.63, 3.8) is 0 Å². The van der Waals surface area contributed by atoms with Gasteiger partial charge in [-0.1, -0.05) is 0 Å². The molecule has 1 aromatic rings. The number of amides is 1. The molecule has 1 fully saturated rings. The lowest BCUT2D eigenvalue weighted by molar-refractivity contribution is -0.132. The number of carbonyl (C=O) groups excluding carboxylic acids is 1. The van der Waals surface area contributed by atoms with Crippen molar-refractivity contribution in [1.82, 2.24) is 4.90 Å². The lowest BCUT2D eigenvalue weighted by Gasteiger charge is -2.15. The Hall–Kier alpha value is -1.75. The largest absolute Gasteiger partial charge is 0.484 e. The molecule has 0 unspecified atom stereocenters. The van der Waals surface area contributed by atoms with E-state index in [1.807, 2.05) is 29.2 Å². The predicted octanol–water partition coefficient (Wildman–Crippen LogP) is 1.45. The van der Waals surface area contributed by atoms with Crippen LogP contribution in [-0.2, 0) is 4.79 Å². The molecule has 1 aliphatic heterocycles. The molecule has 110 valence electrons. The summed E-state index contributed by atoms with van der Waals surface area (Å²) in [6.07, 6.45) is 3.16. The fourth-order valence-corrected chi connectivity index (χ4v) is 2.21. The fourth-order valence-electron chi connectivity index (χ4n) is 2.21. The first-order valence-electron chi connectivity index (χ1n) is 7.24. The minimum Gasteiger partial charge on any atom is -0.484 e. The van der Waals surface area contributed by atoms with Crippen molar-refractivity contribution in [3.8, 4) is 5.75 Å². The molecule has 0 aliphatic carbocycles. The molecule has 0 atom stereocenters. The SMILES string of the molecule is NCCCNc1ccc(OCC(=O)N2CCCC2)cc1. The van der Waals surface area contributed by atoms with E-state index in [0.717, 1.165) is 50.3 Å². The molecule has 0 bridgehead atoms. The molecular weight excluding hydrogens is 254 g/mol. The Morgan fingerprint density at radius 1 is 1.25 bits per heavy atom. The Labute approximate surface area is 120 Å². The quantitative estimate of drug-likeness (QED) is 0.740. The molecule has 0 radical (unpaired) electrons. The lowest BCUT2D eigenvalue weighted by Crippen LogP contribution is -2.32. The van der Waals surface area contributed by atoms with Crippen molar-refractivity contribution >= 4 is 11.6 Å². The van der Waals surface area contributed by atoms with Crippen molar-refractivity contribution in [1.29, 1.82) is 0 Å². The van der Waals surface area contributed by atoms with Gasteiger partial charge in [-0.15, -0.1) is 0 Å². The van der Waals surface area contributed by atoms with Gasteiger partial charge < -0.3 is 20.7 Å². The standard InChI is InChI=1S/C15H23N3O2/c16-8-3-9-17-13-4-6-14(7-5-13)20-12-15(19)18-10-1-2-11-18/h4-7,17H,1-3,8-12,16H2. The Morgan fingerprint density at radius 3 is 2.60 bits per heavy atom. The highest BCUT2D eigenvalue weighted by atomic mass is 16.5. The summed E-state index contributed by atoms with van der Waals surface area (Å²) in [5.41, 5.74) is 6.48. The maximum atomic E-state index is 11.8. The van der Waals surface area contributed by atoms with Crippen LogP contribution in [0.1, 0.15) is 19.3 Å². The van der Waals surface area contributed by atoms with Gasteiger partial charge in [-0.3, -0.25) is 4.79 Å². The number of ether oxygens (including phenoxy) is 1. The third-order valence-corrected chi connectivity index (χ3v) is 3.39. The molecular formula is C15H23N3O2. The second-order valence-electron chi connectivity index (χ2n) is 4.97. The Bertz CT molecular complexity index is 414. The highest BCUT2D eigenvalue weighted by Crippen LogP contribution is 2.16. The summed E-state index contributed by atoms with van der Waals surface area (Å²) in [4.78, 5) is 13.7. The monoisotopic (exact) mass is 277 g/mol. The van der Waals surface area contributed by atoms with Crippen LogP contribution < -0.4 is 15.8 Å². The van der Waals surface area contributed by atoms with Gasteiger partial charge in [-0.05, 0) is 50.1 Å². The van der Waals surface area contributed by atoms with Crippen molar-refractivity contribution in [2.24, 2.45) is 5.73 Å². The Balaban J connectivity index is 1.74. The van der Waals surface area contributed by atoms with Crippen LogP contribution in [0.5, 0.6) is 5.75 Å². The van der Waals surface area contributed by atoms with Crippen LogP contribution in [0, 0.1) is 0 Å². The molecule has 5 nitrogen and oxygen atoms in total. The zero-order valence-electron chi connectivity index (χ0n) is 11.8. The predicted molar refractivity (Wildman–Crippen MR) is 79.9 cm³/mol. The van der Waals surface area contributed by atoms with E-state index >= 15 is 0 Å². The summed E-state index contributed by atoms with van der Waals surface area (Å²) in [6.45, 7) is 3.41. The summed E-state index contributed by atoms with van der Waals surface area (Å²) in [5.74, 6) is 0.801. The van der Waals surface area contributed by atoms with Gasteiger partial charge in [0, 0.05) is 25.3 Å². The first-order valence-corrected chi connectivity index (χ1v) is 7.24. The smallest absolute Gasteiger partial charge is 0.260 e. The van der Waals surface area contributed by atoms with Gasteiger partial charge in [0.2, 0.25) is 0 Å². The zero-order chi connectivity index (χ0) is 14.2. The van der Waals surface area contributed by atoms with Crippen LogP contribution in [0.3, 0.4) is 0 Å². The van der Waals surface area contributed by atoms with Crippen LogP contribution in [0.2, 0.25) is 0 Å². The number of rotatable bonds is 7. The van der Waals surface area contributed by atoms with Gasteiger partial charge in [0.05, 0.1) is 0 Å². The molecule has 0 saturated carbocycles. The van der Waals surface area contributed by atoms with Crippen molar-refractivity contribution < 1.29 is 9.53 Å². The van der Waals surface area contributed by atoms with Crippen LogP contribution in [0.4, 0.5) is 5.69 Å². The summed E-state index contributed by atoms with van der Waals surface area (Å²) in [5, 5.41) is 3.27. The highest BCUT2D eigenvalue weighted by molar-refractivity contribution is 5.78. The number of carbonyl (C=O) groups is 1. The number of hydrogen-bond acceptors (Lipinski definition) is 4. The van der Waals surface area contributed by atoms with Crippen LogP contribution in [0.15, 0.2) is 24.3 Å². The van der Waals surface area contributed by atoms with E-state index in [4.69, 9.17) is 10.5 Å². The normalized spacial score (nSPS) is 14.3. The third kappa shape index (κ3) is 4.42. The molecule has 5 heteroatoms. The maximum absolute atomic E-state index is 11.8. The van der Waals surface area contributed by atoms with E-state index in [1.165, 1.54) is 0 Å². The number of hydrogen-bond donors (Lipinski definition) is 2. The van der Waals surface area contributed by atoms with Crippen LogP contribution >= 0.6 is 0 Å². The van der Waals surface area contributed by atoms with E-state index in [1.54, 1.807) is 0 Å². The fraction of sp³-hybridized carbons (Fsp3) is 0.533. The number of nitrogens with two attached hydrogens (primary N) is 1. The molecule has 1 heterocycles. The molecule has 1 aromatic carbocycles. The molecule has 0 aromatic heterocycles. The number of benzene rings is 1. The molecule has 3 N–H and O–H groups in total. The molecule has 1 aliphatic rings. The molecule has 0 spiro atoms. The maximum Gasteiger partial charge on any atom is 0.260 e. The van der Waals surface area contributed by atoms with Gasteiger partial charge in [0.15, 0.2) is 6.61 Å². The van der Waals surface area contributed by atoms with Gasteiger partial charge in [0.25, 0.3) is 5.91 Å². The van der Waals surface area contributed by atoms with Gasteiger partial charge in [0.1, 0.15) is 5.75 Å². The molecule has 2 rings (SSSR count). The van der Waals surface area contributed by atoms with E-state index in [9.17, 15) is 4.79 Å². The topological polar surface area (TPSA) is 67.6 Å². The second kappa shape index (κ2) is 7.75. The minimum absolute atomic E-state index is 0.0765. The van der Waals surface area contributed by atoms with E-state index in [-0.39, 0.29) is 12.5 Å².